The average molecular weight is 785 g/mol. The minimum absolute atomic E-state index is 0.0858. The normalized spacial score (nSPS) is 12.4. The molecule has 0 heterocycles. The van der Waals surface area contributed by atoms with Gasteiger partial charge < -0.3 is 14.2 Å². The van der Waals surface area contributed by atoms with E-state index >= 15 is 0 Å². The molecule has 0 spiro atoms. The van der Waals surface area contributed by atoms with Crippen molar-refractivity contribution in [2.75, 3.05) is 13.2 Å². The quantitative estimate of drug-likeness (QED) is 0.0265. The summed E-state index contributed by atoms with van der Waals surface area (Å²) in [7, 11) is 0. The van der Waals surface area contributed by atoms with Crippen molar-refractivity contribution in [1.82, 2.24) is 0 Å². The van der Waals surface area contributed by atoms with Crippen LogP contribution in [0.1, 0.15) is 233 Å². The molecular formula is C50H88O6. The fraction of sp³-hybridized carbons (Fsp3) is 0.780. The van der Waals surface area contributed by atoms with Crippen LogP contribution < -0.4 is 0 Å². The van der Waals surface area contributed by atoms with Gasteiger partial charge in [0, 0.05) is 19.3 Å². The van der Waals surface area contributed by atoms with E-state index in [1.165, 1.54) is 109 Å². The van der Waals surface area contributed by atoms with Gasteiger partial charge in [-0.3, -0.25) is 14.4 Å². The number of unbranched alkanes of at least 4 members (excludes halogenated alkanes) is 23. The van der Waals surface area contributed by atoms with E-state index in [-0.39, 0.29) is 31.1 Å². The van der Waals surface area contributed by atoms with Crippen molar-refractivity contribution in [3.05, 3.63) is 48.6 Å². The molecule has 0 rings (SSSR count). The first-order valence-corrected chi connectivity index (χ1v) is 23.6. The van der Waals surface area contributed by atoms with Crippen LogP contribution >= 0.6 is 0 Å². The first-order chi connectivity index (χ1) is 27.5. The van der Waals surface area contributed by atoms with E-state index in [9.17, 15) is 14.4 Å². The lowest BCUT2D eigenvalue weighted by Crippen LogP contribution is -2.30. The van der Waals surface area contributed by atoms with Gasteiger partial charge in [0.25, 0.3) is 0 Å². The fourth-order valence-corrected chi connectivity index (χ4v) is 6.51. The van der Waals surface area contributed by atoms with Crippen molar-refractivity contribution in [1.29, 1.82) is 0 Å². The highest BCUT2D eigenvalue weighted by atomic mass is 16.6. The standard InChI is InChI=1S/C50H88O6/c1-4-7-10-13-16-18-20-22-23-24-25-26-28-29-31-34-37-40-43-49(52)55-46-47(45-54-48(51)42-39-36-33-15-12-9-6-3)56-50(53)44-41-38-35-32-30-27-21-19-17-14-11-8-5-2/h8,11,17,19,23-24,27,30,47H,4-7,9-10,12-16,18,20-22,25-26,28-29,31-46H2,1-3H3/b11-8-,19-17-,24-23-,30-27-. The van der Waals surface area contributed by atoms with E-state index in [4.69, 9.17) is 14.2 Å². The van der Waals surface area contributed by atoms with Crippen LogP contribution in [-0.4, -0.2) is 37.2 Å². The van der Waals surface area contributed by atoms with Gasteiger partial charge in [-0.2, -0.15) is 0 Å². The second-order valence-corrected chi connectivity index (χ2v) is 15.6. The Morgan fingerprint density at radius 3 is 1.12 bits per heavy atom. The van der Waals surface area contributed by atoms with Crippen LogP contribution in [0.2, 0.25) is 0 Å². The largest absolute Gasteiger partial charge is 0.462 e. The van der Waals surface area contributed by atoms with Crippen molar-refractivity contribution >= 4 is 17.9 Å². The molecule has 0 bridgehead atoms. The molecule has 0 N–H and O–H groups in total. The predicted molar refractivity (Wildman–Crippen MR) is 238 cm³/mol. The van der Waals surface area contributed by atoms with Crippen LogP contribution in [0.5, 0.6) is 0 Å². The van der Waals surface area contributed by atoms with Crippen LogP contribution in [0, 0.1) is 0 Å². The minimum Gasteiger partial charge on any atom is -0.462 e. The van der Waals surface area contributed by atoms with Crippen molar-refractivity contribution in [3.63, 3.8) is 0 Å². The summed E-state index contributed by atoms with van der Waals surface area (Å²) in [6, 6.07) is 0. The van der Waals surface area contributed by atoms with Crippen molar-refractivity contribution < 1.29 is 28.6 Å². The Labute approximate surface area is 346 Å². The molecule has 324 valence electrons. The number of carbonyl (C=O) groups is 3. The molecule has 1 unspecified atom stereocenters. The Balaban J connectivity index is 4.30. The van der Waals surface area contributed by atoms with Crippen LogP contribution in [0.25, 0.3) is 0 Å². The van der Waals surface area contributed by atoms with Crippen LogP contribution in [0.4, 0.5) is 0 Å². The van der Waals surface area contributed by atoms with Gasteiger partial charge in [-0.15, -0.1) is 0 Å². The summed E-state index contributed by atoms with van der Waals surface area (Å²) in [6.07, 6.45) is 52.5. The van der Waals surface area contributed by atoms with Gasteiger partial charge in [0.1, 0.15) is 13.2 Å². The molecule has 0 saturated heterocycles. The smallest absolute Gasteiger partial charge is 0.306 e. The number of carbonyl (C=O) groups excluding carboxylic acids is 3. The maximum absolute atomic E-state index is 12.7. The highest BCUT2D eigenvalue weighted by Crippen LogP contribution is 2.14. The van der Waals surface area contributed by atoms with Crippen molar-refractivity contribution in [3.8, 4) is 0 Å². The van der Waals surface area contributed by atoms with Gasteiger partial charge in [0.15, 0.2) is 6.10 Å². The lowest BCUT2D eigenvalue weighted by molar-refractivity contribution is -0.167. The Morgan fingerprint density at radius 1 is 0.375 bits per heavy atom. The van der Waals surface area contributed by atoms with Crippen LogP contribution in [0.15, 0.2) is 48.6 Å². The lowest BCUT2D eigenvalue weighted by Gasteiger charge is -2.18. The zero-order chi connectivity index (χ0) is 40.8. The average Bonchev–Trinajstić information content (AvgIpc) is 3.19. The molecule has 6 nitrogen and oxygen atoms in total. The van der Waals surface area contributed by atoms with Gasteiger partial charge >= 0.3 is 17.9 Å². The first-order valence-electron chi connectivity index (χ1n) is 23.6. The van der Waals surface area contributed by atoms with Gasteiger partial charge in [0.05, 0.1) is 0 Å². The summed E-state index contributed by atoms with van der Waals surface area (Å²) in [5.74, 6) is -0.926. The van der Waals surface area contributed by atoms with E-state index in [0.29, 0.717) is 19.3 Å². The van der Waals surface area contributed by atoms with E-state index in [0.717, 1.165) is 83.5 Å². The van der Waals surface area contributed by atoms with Crippen molar-refractivity contribution in [2.45, 2.75) is 239 Å². The van der Waals surface area contributed by atoms with Gasteiger partial charge in [-0.1, -0.05) is 185 Å². The molecule has 0 aromatic carbocycles. The summed E-state index contributed by atoms with van der Waals surface area (Å²) in [5.41, 5.74) is 0. The molecule has 0 aromatic rings. The Kier molecular flexibility index (Phi) is 43.0. The maximum Gasteiger partial charge on any atom is 0.306 e. The summed E-state index contributed by atoms with van der Waals surface area (Å²) in [4.78, 5) is 37.6. The van der Waals surface area contributed by atoms with E-state index in [1.807, 2.05) is 0 Å². The number of ether oxygens (including phenoxy) is 3. The highest BCUT2D eigenvalue weighted by molar-refractivity contribution is 5.71. The van der Waals surface area contributed by atoms with Crippen LogP contribution in [0.3, 0.4) is 0 Å². The topological polar surface area (TPSA) is 78.9 Å². The number of rotatable bonds is 42. The Hall–Kier alpha value is -2.63. The van der Waals surface area contributed by atoms with E-state index < -0.39 is 6.10 Å². The van der Waals surface area contributed by atoms with E-state index in [1.54, 1.807) is 0 Å². The van der Waals surface area contributed by atoms with Gasteiger partial charge in [-0.05, 0) is 77.0 Å². The summed E-state index contributed by atoms with van der Waals surface area (Å²) in [6.45, 7) is 6.45. The SMILES string of the molecule is CC/C=C\C/C=C\C/C=C\CCCCCC(=O)OC(COC(=O)CCCCCCCCC)COC(=O)CCCCCCCCC/C=C\CCCCCCCCC. The number of allylic oxidation sites excluding steroid dienone is 8. The molecule has 0 aliphatic carbocycles. The molecule has 0 aliphatic rings. The Morgan fingerprint density at radius 2 is 0.696 bits per heavy atom. The predicted octanol–water partition coefficient (Wildman–Crippen LogP) is 15.1. The fourth-order valence-electron chi connectivity index (χ4n) is 6.51. The monoisotopic (exact) mass is 785 g/mol. The van der Waals surface area contributed by atoms with Gasteiger partial charge in [0.2, 0.25) is 0 Å². The number of hydrogen-bond donors (Lipinski definition) is 0. The second-order valence-electron chi connectivity index (χ2n) is 15.6. The van der Waals surface area contributed by atoms with Crippen molar-refractivity contribution in [2.24, 2.45) is 0 Å². The lowest BCUT2D eigenvalue weighted by atomic mass is 10.1. The molecule has 6 heteroatoms. The summed E-state index contributed by atoms with van der Waals surface area (Å²) < 4.78 is 16.6. The zero-order valence-corrected chi connectivity index (χ0v) is 36.9. The minimum atomic E-state index is -0.784. The molecule has 0 aliphatic heterocycles. The molecule has 0 fully saturated rings. The third kappa shape index (κ3) is 42.5. The molecule has 0 radical (unpaired) electrons. The highest BCUT2D eigenvalue weighted by Gasteiger charge is 2.19. The summed E-state index contributed by atoms with van der Waals surface area (Å²) in [5, 5.41) is 0. The maximum atomic E-state index is 12.7. The third-order valence-corrected chi connectivity index (χ3v) is 10.1. The molecule has 1 atom stereocenters. The molecule has 0 amide bonds. The molecule has 56 heavy (non-hydrogen) atoms. The number of hydrogen-bond acceptors (Lipinski definition) is 6. The number of esters is 3. The van der Waals surface area contributed by atoms with Crippen LogP contribution in [-0.2, 0) is 28.6 Å². The molecule has 0 saturated carbocycles. The van der Waals surface area contributed by atoms with Gasteiger partial charge in [-0.25, -0.2) is 0 Å². The third-order valence-electron chi connectivity index (χ3n) is 10.1. The zero-order valence-electron chi connectivity index (χ0n) is 36.9. The molecular weight excluding hydrogens is 697 g/mol. The van der Waals surface area contributed by atoms with E-state index in [2.05, 4.69) is 69.4 Å². The second kappa shape index (κ2) is 45.1. The Bertz CT molecular complexity index is 996. The first kappa shape index (κ1) is 53.4. The molecule has 0 aromatic heterocycles. The summed E-state index contributed by atoms with van der Waals surface area (Å²) >= 11 is 0.